The SMILES string of the molecule is CCOC(=O)C1(Nc2ccccc2F)CN2CCC1CC2. The Balaban J connectivity index is 1.93. The lowest BCUT2D eigenvalue weighted by Crippen LogP contribution is -2.67. The third-order valence-corrected chi connectivity index (χ3v) is 4.63. The van der Waals surface area contributed by atoms with Crippen LogP contribution in [0.5, 0.6) is 0 Å². The second-order valence-corrected chi connectivity index (χ2v) is 5.85. The number of carbonyl (C=O) groups is 1. The van der Waals surface area contributed by atoms with Gasteiger partial charge in [-0.2, -0.15) is 0 Å². The van der Waals surface area contributed by atoms with Crippen LogP contribution in [0.25, 0.3) is 0 Å². The number of piperidine rings is 3. The summed E-state index contributed by atoms with van der Waals surface area (Å²) in [5.41, 5.74) is -0.450. The van der Waals surface area contributed by atoms with E-state index in [0.717, 1.165) is 25.9 Å². The summed E-state index contributed by atoms with van der Waals surface area (Å²) in [5.74, 6) is -0.401. The Morgan fingerprint density at radius 1 is 1.43 bits per heavy atom. The lowest BCUT2D eigenvalue weighted by Gasteiger charge is -2.52. The lowest BCUT2D eigenvalue weighted by molar-refractivity contribution is -0.155. The van der Waals surface area contributed by atoms with Gasteiger partial charge < -0.3 is 15.0 Å². The van der Waals surface area contributed by atoms with E-state index in [2.05, 4.69) is 10.2 Å². The predicted octanol–water partition coefficient (Wildman–Crippen LogP) is 2.27. The first-order valence-corrected chi connectivity index (χ1v) is 7.58. The van der Waals surface area contributed by atoms with Crippen LogP contribution in [0.3, 0.4) is 0 Å². The molecule has 0 aromatic heterocycles. The van der Waals surface area contributed by atoms with Crippen LogP contribution in [-0.2, 0) is 9.53 Å². The minimum Gasteiger partial charge on any atom is -0.464 e. The monoisotopic (exact) mass is 292 g/mol. The van der Waals surface area contributed by atoms with E-state index in [0.29, 0.717) is 18.8 Å². The number of benzene rings is 1. The molecule has 0 spiro atoms. The number of halogens is 1. The first-order chi connectivity index (χ1) is 10.2. The Bertz CT molecular complexity index is 529. The molecule has 3 heterocycles. The number of hydrogen-bond acceptors (Lipinski definition) is 4. The van der Waals surface area contributed by atoms with Crippen LogP contribution >= 0.6 is 0 Å². The maximum absolute atomic E-state index is 14.0. The van der Waals surface area contributed by atoms with Crippen LogP contribution in [0.4, 0.5) is 10.1 Å². The molecule has 0 saturated carbocycles. The van der Waals surface area contributed by atoms with Gasteiger partial charge in [0.05, 0.1) is 12.3 Å². The second-order valence-electron chi connectivity index (χ2n) is 5.85. The molecule has 1 aromatic carbocycles. The summed E-state index contributed by atoms with van der Waals surface area (Å²) in [5, 5.41) is 3.19. The minimum absolute atomic E-state index is 0.196. The van der Waals surface area contributed by atoms with Crippen LogP contribution < -0.4 is 5.32 Å². The molecular weight excluding hydrogens is 271 g/mol. The fourth-order valence-electron chi connectivity index (χ4n) is 3.55. The van der Waals surface area contributed by atoms with E-state index in [1.54, 1.807) is 25.1 Å². The van der Waals surface area contributed by atoms with E-state index in [9.17, 15) is 9.18 Å². The number of hydrogen-bond donors (Lipinski definition) is 1. The van der Waals surface area contributed by atoms with Gasteiger partial charge in [0.1, 0.15) is 5.82 Å². The number of nitrogens with zero attached hydrogens (tertiary/aromatic N) is 1. The highest BCUT2D eigenvalue weighted by atomic mass is 19.1. The van der Waals surface area contributed by atoms with Crippen molar-refractivity contribution in [2.24, 2.45) is 5.92 Å². The Morgan fingerprint density at radius 3 is 2.71 bits per heavy atom. The van der Waals surface area contributed by atoms with Crippen molar-refractivity contribution in [3.8, 4) is 0 Å². The lowest BCUT2D eigenvalue weighted by atomic mass is 9.72. The number of fused-ring (bicyclic) bond motifs is 3. The first kappa shape index (κ1) is 14.3. The molecule has 3 aliphatic rings. The zero-order chi connectivity index (χ0) is 14.9. The number of esters is 1. The fraction of sp³-hybridized carbons (Fsp3) is 0.562. The highest BCUT2D eigenvalue weighted by Crippen LogP contribution is 2.39. The fourth-order valence-corrected chi connectivity index (χ4v) is 3.55. The van der Waals surface area contributed by atoms with E-state index in [-0.39, 0.29) is 17.7 Å². The van der Waals surface area contributed by atoms with Crippen LogP contribution in [0.2, 0.25) is 0 Å². The Kier molecular flexibility index (Phi) is 3.85. The van der Waals surface area contributed by atoms with Crippen LogP contribution in [0.1, 0.15) is 19.8 Å². The molecule has 2 bridgehead atoms. The zero-order valence-corrected chi connectivity index (χ0v) is 12.3. The topological polar surface area (TPSA) is 41.6 Å². The summed E-state index contributed by atoms with van der Waals surface area (Å²) in [4.78, 5) is 14.8. The highest BCUT2D eigenvalue weighted by molar-refractivity contribution is 5.86. The molecule has 3 saturated heterocycles. The van der Waals surface area contributed by atoms with Crippen molar-refractivity contribution >= 4 is 11.7 Å². The molecule has 1 atom stereocenters. The number of para-hydroxylation sites is 1. The molecule has 0 aliphatic carbocycles. The average molecular weight is 292 g/mol. The Morgan fingerprint density at radius 2 is 2.14 bits per heavy atom. The summed E-state index contributed by atoms with van der Waals surface area (Å²) >= 11 is 0. The molecule has 0 amide bonds. The zero-order valence-electron chi connectivity index (χ0n) is 12.3. The third kappa shape index (κ3) is 2.50. The molecule has 1 unspecified atom stereocenters. The smallest absolute Gasteiger partial charge is 0.333 e. The van der Waals surface area contributed by atoms with Crippen LogP contribution in [-0.4, -0.2) is 42.6 Å². The Labute approximate surface area is 124 Å². The quantitative estimate of drug-likeness (QED) is 0.864. The van der Waals surface area contributed by atoms with Gasteiger partial charge in [0.15, 0.2) is 5.54 Å². The van der Waals surface area contributed by atoms with Gasteiger partial charge in [0.25, 0.3) is 0 Å². The average Bonchev–Trinajstić information content (AvgIpc) is 2.51. The number of rotatable bonds is 4. The summed E-state index contributed by atoms with van der Waals surface area (Å²) in [6.07, 6.45) is 1.89. The molecule has 4 nitrogen and oxygen atoms in total. The normalized spacial score (nSPS) is 31.0. The molecule has 114 valence electrons. The summed E-state index contributed by atoms with van der Waals surface area (Å²) in [6, 6.07) is 6.50. The third-order valence-electron chi connectivity index (χ3n) is 4.63. The molecular formula is C16H21FN2O2. The standard InChI is InChI=1S/C16H21FN2O2/c1-2-21-15(20)16(11-19-9-7-12(16)8-10-19)18-14-6-4-3-5-13(14)17/h3-6,12,18H,2,7-11H2,1H3. The highest BCUT2D eigenvalue weighted by Gasteiger charge is 2.53. The molecule has 1 aromatic rings. The van der Waals surface area contributed by atoms with Gasteiger partial charge in [-0.25, -0.2) is 9.18 Å². The van der Waals surface area contributed by atoms with E-state index < -0.39 is 5.54 Å². The summed E-state index contributed by atoms with van der Waals surface area (Å²) in [6.45, 7) is 4.74. The van der Waals surface area contributed by atoms with Gasteiger partial charge in [-0.05, 0) is 50.9 Å². The Hall–Kier alpha value is -1.62. The second kappa shape index (κ2) is 5.64. The number of ether oxygens (including phenoxy) is 1. The minimum atomic E-state index is -0.825. The molecule has 4 rings (SSSR count). The maximum Gasteiger partial charge on any atom is 0.333 e. The van der Waals surface area contributed by atoms with E-state index in [1.807, 2.05) is 0 Å². The largest absolute Gasteiger partial charge is 0.464 e. The first-order valence-electron chi connectivity index (χ1n) is 7.58. The van der Waals surface area contributed by atoms with Crippen molar-refractivity contribution in [3.63, 3.8) is 0 Å². The van der Waals surface area contributed by atoms with Crippen molar-refractivity contribution in [3.05, 3.63) is 30.1 Å². The van der Waals surface area contributed by atoms with Gasteiger partial charge >= 0.3 is 5.97 Å². The van der Waals surface area contributed by atoms with Crippen molar-refractivity contribution in [2.45, 2.75) is 25.3 Å². The summed E-state index contributed by atoms with van der Waals surface area (Å²) in [7, 11) is 0. The van der Waals surface area contributed by atoms with Gasteiger partial charge in [-0.3, -0.25) is 0 Å². The molecule has 3 aliphatic heterocycles. The van der Waals surface area contributed by atoms with Crippen molar-refractivity contribution in [1.29, 1.82) is 0 Å². The van der Waals surface area contributed by atoms with E-state index in [4.69, 9.17) is 4.74 Å². The number of anilines is 1. The van der Waals surface area contributed by atoms with Crippen molar-refractivity contribution < 1.29 is 13.9 Å². The molecule has 1 N–H and O–H groups in total. The van der Waals surface area contributed by atoms with Gasteiger partial charge in [0, 0.05) is 6.54 Å². The maximum atomic E-state index is 14.0. The van der Waals surface area contributed by atoms with Crippen molar-refractivity contribution in [1.82, 2.24) is 4.90 Å². The van der Waals surface area contributed by atoms with Crippen LogP contribution in [0, 0.1) is 11.7 Å². The van der Waals surface area contributed by atoms with Gasteiger partial charge in [0.2, 0.25) is 0 Å². The predicted molar refractivity (Wildman–Crippen MR) is 78.6 cm³/mol. The van der Waals surface area contributed by atoms with E-state index in [1.165, 1.54) is 6.07 Å². The molecule has 5 heteroatoms. The van der Waals surface area contributed by atoms with Crippen molar-refractivity contribution in [2.75, 3.05) is 31.6 Å². The number of nitrogens with one attached hydrogen (secondary N) is 1. The summed E-state index contributed by atoms with van der Waals surface area (Å²) < 4.78 is 19.3. The van der Waals surface area contributed by atoms with Crippen LogP contribution in [0.15, 0.2) is 24.3 Å². The molecule has 3 fully saturated rings. The van der Waals surface area contributed by atoms with Gasteiger partial charge in [-0.1, -0.05) is 12.1 Å². The van der Waals surface area contributed by atoms with Gasteiger partial charge in [-0.15, -0.1) is 0 Å². The van der Waals surface area contributed by atoms with E-state index >= 15 is 0 Å². The number of carbonyl (C=O) groups excluding carboxylic acids is 1. The molecule has 0 radical (unpaired) electrons. The molecule has 21 heavy (non-hydrogen) atoms.